The van der Waals surface area contributed by atoms with Crippen LogP contribution in [0.3, 0.4) is 0 Å². The maximum atomic E-state index is 12.5. The predicted molar refractivity (Wildman–Crippen MR) is 80.9 cm³/mol. The number of benzene rings is 1. The molecule has 0 radical (unpaired) electrons. The van der Waals surface area contributed by atoms with Gasteiger partial charge in [0, 0.05) is 18.3 Å². The fraction of sp³-hybridized carbons (Fsp3) is 0.500. The Morgan fingerprint density at radius 2 is 1.90 bits per heavy atom. The second kappa shape index (κ2) is 5.85. The van der Waals surface area contributed by atoms with Crippen LogP contribution < -0.4 is 0 Å². The van der Waals surface area contributed by atoms with E-state index in [1.54, 1.807) is 24.3 Å². The van der Waals surface area contributed by atoms with Crippen LogP contribution in [0.15, 0.2) is 29.2 Å². The van der Waals surface area contributed by atoms with Gasteiger partial charge >= 0.3 is 0 Å². The zero-order valence-corrected chi connectivity index (χ0v) is 13.9. The standard InChI is InChI=1S/C14H18BrNO3S/c1-10(2)12-7-14(17)16(9-12)20(18,19)13-5-3-11(8-15)4-6-13/h3-6,10,12H,7-9H2,1-2H3. The van der Waals surface area contributed by atoms with Crippen molar-refractivity contribution in [3.63, 3.8) is 0 Å². The van der Waals surface area contributed by atoms with Crippen LogP contribution in [0.4, 0.5) is 0 Å². The summed E-state index contributed by atoms with van der Waals surface area (Å²) < 4.78 is 26.0. The van der Waals surface area contributed by atoms with E-state index in [0.717, 1.165) is 9.87 Å². The number of carbonyl (C=O) groups excluding carboxylic acids is 1. The molecule has 1 unspecified atom stereocenters. The molecule has 1 atom stereocenters. The highest BCUT2D eigenvalue weighted by Gasteiger charge is 2.39. The summed E-state index contributed by atoms with van der Waals surface area (Å²) in [6, 6.07) is 6.62. The van der Waals surface area contributed by atoms with Crippen LogP contribution in [-0.4, -0.2) is 25.2 Å². The molecular formula is C14H18BrNO3S. The number of alkyl halides is 1. The molecule has 1 heterocycles. The van der Waals surface area contributed by atoms with Crippen LogP contribution in [0.5, 0.6) is 0 Å². The number of halogens is 1. The van der Waals surface area contributed by atoms with E-state index < -0.39 is 10.0 Å². The number of rotatable bonds is 4. The van der Waals surface area contributed by atoms with Crippen LogP contribution >= 0.6 is 15.9 Å². The lowest BCUT2D eigenvalue weighted by Crippen LogP contribution is -2.32. The highest BCUT2D eigenvalue weighted by molar-refractivity contribution is 9.08. The van der Waals surface area contributed by atoms with Crippen LogP contribution in [0.2, 0.25) is 0 Å². The molecule has 6 heteroatoms. The van der Waals surface area contributed by atoms with Crippen LogP contribution in [0.25, 0.3) is 0 Å². The third kappa shape index (κ3) is 2.91. The first-order valence-corrected chi connectivity index (χ1v) is 9.13. The van der Waals surface area contributed by atoms with Gasteiger partial charge in [0.25, 0.3) is 10.0 Å². The minimum absolute atomic E-state index is 0.110. The fourth-order valence-corrected chi connectivity index (χ4v) is 4.10. The summed E-state index contributed by atoms with van der Waals surface area (Å²) in [5, 5.41) is 0.672. The summed E-state index contributed by atoms with van der Waals surface area (Å²) in [7, 11) is -3.71. The molecule has 0 N–H and O–H groups in total. The predicted octanol–water partition coefficient (Wildman–Crippen LogP) is 2.77. The smallest absolute Gasteiger partial charge is 0.266 e. The van der Waals surface area contributed by atoms with Gasteiger partial charge in [0.15, 0.2) is 0 Å². The average Bonchev–Trinajstić information content (AvgIpc) is 2.82. The summed E-state index contributed by atoms with van der Waals surface area (Å²) >= 11 is 3.32. The molecule has 20 heavy (non-hydrogen) atoms. The zero-order valence-electron chi connectivity index (χ0n) is 11.5. The van der Waals surface area contributed by atoms with Gasteiger partial charge in [-0.2, -0.15) is 0 Å². The third-order valence-corrected chi connectivity index (χ3v) is 6.17. The minimum atomic E-state index is -3.71. The maximum absolute atomic E-state index is 12.5. The van der Waals surface area contributed by atoms with E-state index in [2.05, 4.69) is 15.9 Å². The molecule has 1 aliphatic rings. The third-order valence-electron chi connectivity index (χ3n) is 3.72. The summed E-state index contributed by atoms with van der Waals surface area (Å²) in [5.74, 6) is 0.113. The van der Waals surface area contributed by atoms with E-state index in [1.165, 1.54) is 0 Å². The van der Waals surface area contributed by atoms with Gasteiger partial charge in [-0.25, -0.2) is 12.7 Å². The molecule has 110 valence electrons. The van der Waals surface area contributed by atoms with E-state index in [4.69, 9.17) is 0 Å². The largest absolute Gasteiger partial charge is 0.274 e. The van der Waals surface area contributed by atoms with Crippen molar-refractivity contribution in [3.8, 4) is 0 Å². The van der Waals surface area contributed by atoms with Crippen molar-refractivity contribution in [2.24, 2.45) is 11.8 Å². The molecule has 4 nitrogen and oxygen atoms in total. The zero-order chi connectivity index (χ0) is 14.9. The van der Waals surface area contributed by atoms with E-state index in [9.17, 15) is 13.2 Å². The molecule has 0 saturated carbocycles. The van der Waals surface area contributed by atoms with Crippen molar-refractivity contribution in [1.29, 1.82) is 0 Å². The molecule has 0 aliphatic carbocycles. The van der Waals surface area contributed by atoms with Gasteiger partial charge in [-0.3, -0.25) is 4.79 Å². The Kier molecular flexibility index (Phi) is 4.54. The van der Waals surface area contributed by atoms with Gasteiger partial charge in [0.1, 0.15) is 0 Å². The van der Waals surface area contributed by atoms with Crippen molar-refractivity contribution in [2.45, 2.75) is 30.5 Å². The fourth-order valence-electron chi connectivity index (χ4n) is 2.26. The Labute approximate surface area is 128 Å². The number of amides is 1. The first-order valence-electron chi connectivity index (χ1n) is 6.56. The molecule has 0 spiro atoms. The molecule has 1 aromatic rings. The number of hydrogen-bond acceptors (Lipinski definition) is 3. The Bertz CT molecular complexity index is 595. The number of carbonyl (C=O) groups is 1. The van der Waals surface area contributed by atoms with Crippen LogP contribution in [0, 0.1) is 11.8 Å². The summed E-state index contributed by atoms with van der Waals surface area (Å²) in [4.78, 5) is 12.2. The molecule has 1 fully saturated rings. The average molecular weight is 360 g/mol. The summed E-state index contributed by atoms with van der Waals surface area (Å²) in [6.45, 7) is 4.32. The van der Waals surface area contributed by atoms with Gasteiger partial charge in [0.05, 0.1) is 4.90 Å². The van der Waals surface area contributed by atoms with Crippen molar-refractivity contribution < 1.29 is 13.2 Å². The first-order chi connectivity index (χ1) is 9.36. The number of hydrogen-bond donors (Lipinski definition) is 0. The van der Waals surface area contributed by atoms with Crippen molar-refractivity contribution in [1.82, 2.24) is 4.31 Å². The van der Waals surface area contributed by atoms with Gasteiger partial charge in [0.2, 0.25) is 5.91 Å². The van der Waals surface area contributed by atoms with Crippen LogP contribution in [-0.2, 0) is 20.1 Å². The second-order valence-corrected chi connectivity index (χ2v) is 7.84. The molecular weight excluding hydrogens is 342 g/mol. The van der Waals surface area contributed by atoms with Gasteiger partial charge < -0.3 is 0 Å². The molecule has 0 aromatic heterocycles. The molecule has 1 aliphatic heterocycles. The van der Waals surface area contributed by atoms with Crippen LogP contribution in [0.1, 0.15) is 25.8 Å². The minimum Gasteiger partial charge on any atom is -0.274 e. The van der Waals surface area contributed by atoms with Crippen molar-refractivity contribution in [2.75, 3.05) is 6.54 Å². The molecule has 1 amide bonds. The topological polar surface area (TPSA) is 54.5 Å². The van der Waals surface area contributed by atoms with Gasteiger partial charge in [-0.1, -0.05) is 41.9 Å². The molecule has 1 aromatic carbocycles. The normalized spacial score (nSPS) is 19.9. The lowest BCUT2D eigenvalue weighted by atomic mass is 9.95. The summed E-state index contributed by atoms with van der Waals surface area (Å²) in [6.07, 6.45) is 0.316. The SMILES string of the molecule is CC(C)C1CC(=O)N(S(=O)(=O)c2ccc(CBr)cc2)C1. The lowest BCUT2D eigenvalue weighted by molar-refractivity contribution is -0.123. The first kappa shape index (κ1) is 15.5. The van der Waals surface area contributed by atoms with E-state index in [-0.39, 0.29) is 16.7 Å². The Hall–Kier alpha value is -0.880. The van der Waals surface area contributed by atoms with Crippen molar-refractivity contribution >= 4 is 31.9 Å². The maximum Gasteiger partial charge on any atom is 0.266 e. The molecule has 0 bridgehead atoms. The second-order valence-electron chi connectivity index (χ2n) is 5.42. The van der Waals surface area contributed by atoms with E-state index in [1.807, 2.05) is 13.8 Å². The Morgan fingerprint density at radius 3 is 2.35 bits per heavy atom. The van der Waals surface area contributed by atoms with Crippen molar-refractivity contribution in [3.05, 3.63) is 29.8 Å². The Balaban J connectivity index is 2.28. The number of nitrogens with zero attached hydrogens (tertiary/aromatic N) is 1. The molecule has 1 saturated heterocycles. The molecule has 2 rings (SSSR count). The number of sulfonamides is 1. The Morgan fingerprint density at radius 1 is 1.30 bits per heavy atom. The van der Waals surface area contributed by atoms with Gasteiger partial charge in [-0.15, -0.1) is 0 Å². The van der Waals surface area contributed by atoms with Gasteiger partial charge in [-0.05, 0) is 29.5 Å². The highest BCUT2D eigenvalue weighted by atomic mass is 79.9. The lowest BCUT2D eigenvalue weighted by Gasteiger charge is -2.18. The highest BCUT2D eigenvalue weighted by Crippen LogP contribution is 2.29. The summed E-state index contributed by atoms with van der Waals surface area (Å²) in [5.41, 5.74) is 0.997. The quantitative estimate of drug-likeness (QED) is 0.776. The monoisotopic (exact) mass is 359 g/mol. The van der Waals surface area contributed by atoms with E-state index in [0.29, 0.717) is 24.2 Å². The van der Waals surface area contributed by atoms with E-state index >= 15 is 0 Å².